The Bertz CT molecular complexity index is 418. The van der Waals surface area contributed by atoms with Crippen LogP contribution >= 0.6 is 0 Å². The van der Waals surface area contributed by atoms with E-state index in [1.54, 1.807) is 18.9 Å². The molecule has 0 bridgehead atoms. The maximum Gasteiger partial charge on any atom is 0.405 e. The number of hydrogen-bond acceptors (Lipinski definition) is 4. The Morgan fingerprint density at radius 1 is 1.63 bits per heavy atom. The highest BCUT2D eigenvalue weighted by molar-refractivity contribution is 5.96. The van der Waals surface area contributed by atoms with Gasteiger partial charge in [0.25, 0.3) is 0 Å². The second kappa shape index (κ2) is 4.80. The molecule has 0 radical (unpaired) electrons. The van der Waals surface area contributed by atoms with Crippen molar-refractivity contribution in [1.82, 2.24) is 10.2 Å². The van der Waals surface area contributed by atoms with Crippen molar-refractivity contribution in [2.24, 2.45) is 5.92 Å². The molecule has 19 heavy (non-hydrogen) atoms. The van der Waals surface area contributed by atoms with E-state index in [4.69, 9.17) is 9.84 Å². The summed E-state index contributed by atoms with van der Waals surface area (Å²) in [6.07, 6.45) is -0.410. The van der Waals surface area contributed by atoms with Gasteiger partial charge in [-0.05, 0) is 19.8 Å². The van der Waals surface area contributed by atoms with Gasteiger partial charge in [0.05, 0.1) is 12.6 Å². The molecule has 0 aromatic rings. The van der Waals surface area contributed by atoms with Crippen LogP contribution in [0.1, 0.15) is 19.8 Å². The standard InChI is InChI=1S/C12H18N2O5/c1-12(6-19-12)9(15)8(13-11(17)18)5-7-3-4-14(2)10(7)16/h7-8,13H,3-6H2,1-2H3,(H,17,18). The highest BCUT2D eigenvalue weighted by atomic mass is 16.6. The Labute approximate surface area is 110 Å². The first-order valence-corrected chi connectivity index (χ1v) is 6.26. The van der Waals surface area contributed by atoms with Gasteiger partial charge in [0, 0.05) is 19.5 Å². The van der Waals surface area contributed by atoms with Crippen LogP contribution in [0, 0.1) is 5.92 Å². The summed E-state index contributed by atoms with van der Waals surface area (Å²) in [6, 6.07) is -0.884. The summed E-state index contributed by atoms with van der Waals surface area (Å²) in [5.74, 6) is -0.628. The van der Waals surface area contributed by atoms with E-state index in [-0.39, 0.29) is 24.0 Å². The fourth-order valence-electron chi connectivity index (χ4n) is 2.40. The van der Waals surface area contributed by atoms with Gasteiger partial charge in [-0.25, -0.2) is 4.79 Å². The maximum atomic E-state index is 12.2. The molecular weight excluding hydrogens is 252 g/mol. The van der Waals surface area contributed by atoms with Gasteiger partial charge in [0.1, 0.15) is 5.60 Å². The van der Waals surface area contributed by atoms with E-state index in [2.05, 4.69) is 5.32 Å². The van der Waals surface area contributed by atoms with Crippen LogP contribution in [0.15, 0.2) is 0 Å². The normalized spacial score (nSPS) is 31.2. The highest BCUT2D eigenvalue weighted by Crippen LogP contribution is 2.31. The summed E-state index contributed by atoms with van der Waals surface area (Å²) < 4.78 is 5.05. The minimum atomic E-state index is -1.26. The second-order valence-corrected chi connectivity index (χ2v) is 5.37. The van der Waals surface area contributed by atoms with Gasteiger partial charge in [0.2, 0.25) is 5.91 Å². The summed E-state index contributed by atoms with van der Waals surface area (Å²) in [4.78, 5) is 36.4. The molecule has 2 heterocycles. The zero-order valence-corrected chi connectivity index (χ0v) is 11.0. The number of amides is 2. The van der Waals surface area contributed by atoms with E-state index < -0.39 is 17.7 Å². The van der Waals surface area contributed by atoms with Gasteiger partial charge < -0.3 is 20.1 Å². The topological polar surface area (TPSA) is 99.2 Å². The van der Waals surface area contributed by atoms with Crippen molar-refractivity contribution in [3.05, 3.63) is 0 Å². The minimum Gasteiger partial charge on any atom is -0.465 e. The second-order valence-electron chi connectivity index (χ2n) is 5.37. The van der Waals surface area contributed by atoms with Gasteiger partial charge in [0.15, 0.2) is 5.78 Å². The summed E-state index contributed by atoms with van der Waals surface area (Å²) in [7, 11) is 1.70. The molecule has 2 amide bonds. The monoisotopic (exact) mass is 270 g/mol. The van der Waals surface area contributed by atoms with Crippen LogP contribution in [0.3, 0.4) is 0 Å². The zero-order valence-electron chi connectivity index (χ0n) is 11.0. The van der Waals surface area contributed by atoms with E-state index in [1.807, 2.05) is 0 Å². The van der Waals surface area contributed by atoms with E-state index in [0.717, 1.165) is 0 Å². The van der Waals surface area contributed by atoms with Crippen LogP contribution < -0.4 is 5.32 Å². The van der Waals surface area contributed by atoms with E-state index in [1.165, 1.54) is 0 Å². The third kappa shape index (κ3) is 2.86. The van der Waals surface area contributed by atoms with Crippen LogP contribution in [-0.2, 0) is 14.3 Å². The summed E-state index contributed by atoms with van der Waals surface area (Å²) >= 11 is 0. The minimum absolute atomic E-state index is 0.0353. The molecule has 0 spiro atoms. The quantitative estimate of drug-likeness (QED) is 0.677. The van der Waals surface area contributed by atoms with E-state index in [9.17, 15) is 14.4 Å². The first-order chi connectivity index (χ1) is 8.83. The molecule has 2 rings (SSSR count). The summed E-state index contributed by atoms with van der Waals surface area (Å²) in [6.45, 7) is 2.59. The third-order valence-electron chi connectivity index (χ3n) is 3.77. The number of carbonyl (C=O) groups excluding carboxylic acids is 2. The van der Waals surface area contributed by atoms with Gasteiger partial charge >= 0.3 is 6.09 Å². The van der Waals surface area contributed by atoms with Crippen molar-refractivity contribution in [2.45, 2.75) is 31.4 Å². The number of nitrogens with zero attached hydrogens (tertiary/aromatic N) is 1. The van der Waals surface area contributed by atoms with Crippen LogP contribution in [-0.4, -0.2) is 59.6 Å². The fraction of sp³-hybridized carbons (Fsp3) is 0.750. The van der Waals surface area contributed by atoms with E-state index in [0.29, 0.717) is 19.6 Å². The average Bonchev–Trinajstić information content (AvgIpc) is 3.02. The van der Waals surface area contributed by atoms with Gasteiger partial charge in [-0.2, -0.15) is 0 Å². The number of Topliss-reactive ketones (excluding diaryl/α,β-unsaturated/α-hetero) is 1. The number of likely N-dealkylation sites (tertiary alicyclic amines) is 1. The molecule has 0 aromatic carbocycles. The van der Waals surface area contributed by atoms with Crippen LogP contribution in [0.25, 0.3) is 0 Å². The van der Waals surface area contributed by atoms with Crippen molar-refractivity contribution in [3.8, 4) is 0 Å². The first-order valence-electron chi connectivity index (χ1n) is 6.26. The molecule has 2 fully saturated rings. The van der Waals surface area contributed by atoms with Gasteiger partial charge in [-0.1, -0.05) is 0 Å². The Kier molecular flexibility index (Phi) is 3.49. The largest absolute Gasteiger partial charge is 0.465 e. The Morgan fingerprint density at radius 2 is 2.26 bits per heavy atom. The lowest BCUT2D eigenvalue weighted by Gasteiger charge is -2.20. The lowest BCUT2D eigenvalue weighted by Crippen LogP contribution is -2.47. The number of carbonyl (C=O) groups is 3. The molecular formula is C12H18N2O5. The molecule has 2 aliphatic heterocycles. The molecule has 2 saturated heterocycles. The summed E-state index contributed by atoms with van der Waals surface area (Å²) in [5, 5.41) is 11.0. The fourth-order valence-corrected chi connectivity index (χ4v) is 2.40. The Hall–Kier alpha value is -1.63. The predicted octanol–water partition coefficient (Wildman–Crippen LogP) is -0.151. The SMILES string of the molecule is CN1CCC(CC(NC(=O)O)C(=O)C2(C)CO2)C1=O. The molecule has 2 aliphatic rings. The molecule has 7 heteroatoms. The molecule has 0 aliphatic carbocycles. The van der Waals surface area contributed by atoms with Crippen LogP contribution in [0.4, 0.5) is 4.79 Å². The highest BCUT2D eigenvalue weighted by Gasteiger charge is 2.51. The number of nitrogens with one attached hydrogen (secondary N) is 1. The molecule has 0 saturated carbocycles. The molecule has 3 atom stereocenters. The number of rotatable bonds is 5. The number of hydrogen-bond donors (Lipinski definition) is 2. The predicted molar refractivity (Wildman–Crippen MR) is 64.7 cm³/mol. The lowest BCUT2D eigenvalue weighted by atomic mass is 9.91. The first kappa shape index (κ1) is 13.8. The number of epoxide rings is 1. The molecule has 2 N–H and O–H groups in total. The van der Waals surface area contributed by atoms with Crippen LogP contribution in [0.5, 0.6) is 0 Å². The van der Waals surface area contributed by atoms with Crippen molar-refractivity contribution in [3.63, 3.8) is 0 Å². The smallest absolute Gasteiger partial charge is 0.405 e. The van der Waals surface area contributed by atoms with Crippen molar-refractivity contribution in [2.75, 3.05) is 20.2 Å². The molecule has 106 valence electrons. The number of ether oxygens (including phenoxy) is 1. The average molecular weight is 270 g/mol. The summed E-state index contributed by atoms with van der Waals surface area (Å²) in [5.41, 5.74) is -0.888. The number of ketones is 1. The van der Waals surface area contributed by atoms with Gasteiger partial charge in [-0.3, -0.25) is 9.59 Å². The third-order valence-corrected chi connectivity index (χ3v) is 3.77. The van der Waals surface area contributed by atoms with Crippen molar-refractivity contribution in [1.29, 1.82) is 0 Å². The van der Waals surface area contributed by atoms with Crippen molar-refractivity contribution < 1.29 is 24.2 Å². The number of carboxylic acid groups (broad SMARTS) is 1. The molecule has 0 aromatic heterocycles. The maximum absolute atomic E-state index is 12.2. The molecule has 3 unspecified atom stereocenters. The lowest BCUT2D eigenvalue weighted by molar-refractivity contribution is -0.131. The van der Waals surface area contributed by atoms with E-state index >= 15 is 0 Å². The Balaban J connectivity index is 2.04. The van der Waals surface area contributed by atoms with Crippen LogP contribution in [0.2, 0.25) is 0 Å². The zero-order chi connectivity index (χ0) is 14.2. The molecule has 7 nitrogen and oxygen atoms in total. The van der Waals surface area contributed by atoms with Crippen molar-refractivity contribution >= 4 is 17.8 Å². The van der Waals surface area contributed by atoms with Gasteiger partial charge in [-0.15, -0.1) is 0 Å². The Morgan fingerprint density at radius 3 is 2.68 bits per heavy atom.